The lowest BCUT2D eigenvalue weighted by atomic mass is 9.99. The van der Waals surface area contributed by atoms with Gasteiger partial charge in [0.1, 0.15) is 22.5 Å². The van der Waals surface area contributed by atoms with Crippen molar-refractivity contribution in [3.05, 3.63) is 62.5 Å². The number of halogens is 1. The van der Waals surface area contributed by atoms with Gasteiger partial charge in [-0.25, -0.2) is 4.79 Å². The smallest absolute Gasteiger partial charge is 0.407 e. The average molecular weight is 739 g/mol. The Bertz CT molecular complexity index is 1720. The van der Waals surface area contributed by atoms with Crippen molar-refractivity contribution in [3.8, 4) is 5.00 Å². The van der Waals surface area contributed by atoms with Crippen LogP contribution in [0.2, 0.25) is 5.02 Å². The number of aromatic nitrogens is 3. The van der Waals surface area contributed by atoms with Gasteiger partial charge in [0, 0.05) is 66.7 Å². The van der Waals surface area contributed by atoms with Crippen molar-refractivity contribution >= 4 is 46.6 Å². The third kappa shape index (κ3) is 10.2. The van der Waals surface area contributed by atoms with Gasteiger partial charge in [-0.05, 0) is 85.0 Å². The molecule has 1 aromatic carbocycles. The third-order valence-corrected chi connectivity index (χ3v) is 10.6. The number of thiophene rings is 1. The number of aliphatic imine (C=N–C) groups is 1. The van der Waals surface area contributed by atoms with E-state index in [-0.39, 0.29) is 18.2 Å². The zero-order valence-electron chi connectivity index (χ0n) is 30.7. The van der Waals surface area contributed by atoms with Crippen LogP contribution in [0.25, 0.3) is 5.00 Å². The monoisotopic (exact) mass is 738 g/mol. The Labute approximate surface area is 310 Å². The van der Waals surface area contributed by atoms with Gasteiger partial charge in [-0.1, -0.05) is 30.2 Å². The summed E-state index contributed by atoms with van der Waals surface area (Å²) in [4.78, 5) is 48.5. The fourth-order valence-corrected chi connectivity index (χ4v) is 7.71. The Kier molecular flexibility index (Phi) is 12.9. The first-order valence-corrected chi connectivity index (χ1v) is 19.1. The largest absolute Gasteiger partial charge is 0.444 e. The predicted octanol–water partition coefficient (Wildman–Crippen LogP) is 5.93. The summed E-state index contributed by atoms with van der Waals surface area (Å²) in [5, 5.41) is 16.4. The lowest BCUT2D eigenvalue weighted by Gasteiger charge is -2.34. The van der Waals surface area contributed by atoms with Crippen LogP contribution in [0.3, 0.4) is 0 Å². The molecule has 2 N–H and O–H groups in total. The number of aryl methyl sites for hydroxylation is 2. The van der Waals surface area contributed by atoms with Crippen LogP contribution in [-0.4, -0.2) is 99.6 Å². The van der Waals surface area contributed by atoms with E-state index in [4.69, 9.17) is 21.3 Å². The molecule has 1 saturated heterocycles. The number of nitrogens with zero attached hydrogens (tertiary/aromatic N) is 6. The number of carbonyl (C=O) groups is 3. The van der Waals surface area contributed by atoms with E-state index in [0.29, 0.717) is 43.4 Å². The summed E-state index contributed by atoms with van der Waals surface area (Å²) in [6.45, 7) is 16.7. The number of rotatable bonds is 13. The van der Waals surface area contributed by atoms with Crippen LogP contribution >= 0.6 is 22.9 Å². The van der Waals surface area contributed by atoms with E-state index in [2.05, 4.69) is 44.1 Å². The van der Waals surface area contributed by atoms with Crippen molar-refractivity contribution in [1.29, 1.82) is 0 Å². The van der Waals surface area contributed by atoms with Gasteiger partial charge in [0.15, 0.2) is 5.82 Å². The maximum absolute atomic E-state index is 13.3. The molecule has 0 spiro atoms. The van der Waals surface area contributed by atoms with E-state index < -0.39 is 17.7 Å². The fourth-order valence-electron chi connectivity index (χ4n) is 6.37. The van der Waals surface area contributed by atoms with E-state index in [9.17, 15) is 14.4 Å². The number of ether oxygens (including phenoxy) is 1. The summed E-state index contributed by atoms with van der Waals surface area (Å²) in [7, 11) is 0. The number of amides is 3. The van der Waals surface area contributed by atoms with Gasteiger partial charge in [-0.15, -0.1) is 21.5 Å². The van der Waals surface area contributed by atoms with Crippen LogP contribution in [0.15, 0.2) is 29.3 Å². The molecule has 2 aliphatic heterocycles. The molecule has 0 bridgehead atoms. The molecular formula is C37H51ClN8O4S. The van der Waals surface area contributed by atoms with Crippen molar-refractivity contribution in [1.82, 2.24) is 35.2 Å². The highest BCUT2D eigenvalue weighted by Crippen LogP contribution is 2.39. The summed E-state index contributed by atoms with van der Waals surface area (Å²) in [6.07, 6.45) is 3.57. The molecule has 2 aliphatic rings. The Balaban J connectivity index is 1.06. The second-order valence-corrected chi connectivity index (χ2v) is 15.9. The number of piperazine rings is 1. The first-order chi connectivity index (χ1) is 24.3. The molecule has 3 amide bonds. The molecule has 3 aromatic rings. The molecule has 14 heteroatoms. The van der Waals surface area contributed by atoms with E-state index in [1.165, 1.54) is 4.88 Å². The highest BCUT2D eigenvalue weighted by atomic mass is 35.5. The lowest BCUT2D eigenvalue weighted by Crippen LogP contribution is -2.49. The minimum atomic E-state index is -0.509. The molecule has 4 heterocycles. The van der Waals surface area contributed by atoms with Crippen molar-refractivity contribution < 1.29 is 19.1 Å². The third-order valence-electron chi connectivity index (χ3n) is 9.17. The Morgan fingerprint density at radius 2 is 1.65 bits per heavy atom. The summed E-state index contributed by atoms with van der Waals surface area (Å²) < 4.78 is 7.30. The van der Waals surface area contributed by atoms with E-state index >= 15 is 0 Å². The van der Waals surface area contributed by atoms with E-state index in [1.807, 2.05) is 56.9 Å². The van der Waals surface area contributed by atoms with Crippen molar-refractivity contribution in [2.45, 2.75) is 91.7 Å². The van der Waals surface area contributed by atoms with Crippen molar-refractivity contribution in [2.24, 2.45) is 4.99 Å². The number of hydrogen-bond donors (Lipinski definition) is 2. The second-order valence-electron chi connectivity index (χ2n) is 14.3. The summed E-state index contributed by atoms with van der Waals surface area (Å²) in [6, 6.07) is 7.17. The molecule has 0 aliphatic carbocycles. The molecule has 51 heavy (non-hydrogen) atoms. The minimum Gasteiger partial charge on any atom is -0.444 e. The average Bonchev–Trinajstić information content (AvgIpc) is 3.56. The molecule has 276 valence electrons. The summed E-state index contributed by atoms with van der Waals surface area (Å²) in [5.74, 6) is 1.53. The molecule has 0 saturated carbocycles. The molecule has 5 rings (SSSR count). The zero-order valence-corrected chi connectivity index (χ0v) is 32.3. The number of nitrogens with one attached hydrogen (secondary N) is 2. The number of carbonyl (C=O) groups excluding carboxylic acids is 3. The van der Waals surface area contributed by atoms with Crippen LogP contribution in [0.1, 0.15) is 98.6 Å². The highest BCUT2D eigenvalue weighted by molar-refractivity contribution is 7.15. The van der Waals surface area contributed by atoms with Gasteiger partial charge in [-0.2, -0.15) is 0 Å². The Hall–Kier alpha value is -3.81. The van der Waals surface area contributed by atoms with Crippen LogP contribution in [0, 0.1) is 20.8 Å². The predicted molar refractivity (Wildman–Crippen MR) is 201 cm³/mol. The molecule has 2 aromatic heterocycles. The molecule has 1 atom stereocenters. The molecule has 0 radical (unpaired) electrons. The van der Waals surface area contributed by atoms with Gasteiger partial charge >= 0.3 is 6.09 Å². The van der Waals surface area contributed by atoms with Crippen LogP contribution in [0.5, 0.6) is 0 Å². The Morgan fingerprint density at radius 1 is 0.941 bits per heavy atom. The zero-order chi connectivity index (χ0) is 36.7. The molecule has 1 fully saturated rings. The number of alkyl carbamates (subject to hydrolysis) is 1. The van der Waals surface area contributed by atoms with Crippen molar-refractivity contribution in [2.75, 3.05) is 45.8 Å². The second kappa shape index (κ2) is 17.1. The number of hydrogen-bond acceptors (Lipinski definition) is 9. The van der Waals surface area contributed by atoms with Gasteiger partial charge in [0.25, 0.3) is 0 Å². The minimum absolute atomic E-state index is 0.0828. The SMILES string of the molecule is Cc1sc2c(c1C)C(c1ccc(Cl)cc1)=NC(CC(=O)NCCCN1CCN(C(=O)CCCCCNC(=O)OC(C)(C)C)CC1)c1nnc(C)n1-2. The van der Waals surface area contributed by atoms with Crippen molar-refractivity contribution in [3.63, 3.8) is 0 Å². The highest BCUT2D eigenvalue weighted by Gasteiger charge is 2.32. The van der Waals surface area contributed by atoms with Gasteiger partial charge in [0.05, 0.1) is 12.1 Å². The topological polar surface area (TPSA) is 134 Å². The quantitative estimate of drug-likeness (QED) is 0.208. The fraction of sp³-hybridized carbons (Fsp3) is 0.568. The summed E-state index contributed by atoms with van der Waals surface area (Å²) in [5.41, 5.74) is 3.45. The van der Waals surface area contributed by atoms with Gasteiger partial charge < -0.3 is 20.3 Å². The lowest BCUT2D eigenvalue weighted by molar-refractivity contribution is -0.133. The molecular weight excluding hydrogens is 688 g/mol. The van der Waals surface area contributed by atoms with Crippen LogP contribution in [-0.2, 0) is 14.3 Å². The van der Waals surface area contributed by atoms with Gasteiger partial charge in [-0.3, -0.25) is 24.0 Å². The molecule has 1 unspecified atom stereocenters. The van der Waals surface area contributed by atoms with Gasteiger partial charge in [0.2, 0.25) is 11.8 Å². The number of unbranched alkanes of at least 4 members (excludes halogenated alkanes) is 2. The normalized spacial score (nSPS) is 16.2. The van der Waals surface area contributed by atoms with Crippen LogP contribution < -0.4 is 10.6 Å². The number of fused-ring (bicyclic) bond motifs is 3. The molecule has 12 nitrogen and oxygen atoms in total. The first-order valence-electron chi connectivity index (χ1n) is 17.9. The summed E-state index contributed by atoms with van der Waals surface area (Å²) >= 11 is 7.91. The number of benzene rings is 1. The maximum Gasteiger partial charge on any atom is 0.407 e. The first kappa shape index (κ1) is 38.4. The Morgan fingerprint density at radius 3 is 2.35 bits per heavy atom. The van der Waals surface area contributed by atoms with Crippen LogP contribution in [0.4, 0.5) is 4.79 Å². The standard InChI is InChI=1S/C37H51ClN8O4S/c1-24-25(2)51-35-32(24)33(27-12-14-28(38)15-13-27)41-29(34-43-42-26(3)46(34)35)23-30(47)39-17-10-18-44-19-21-45(22-20-44)31(48)11-8-7-9-16-40-36(49)50-37(4,5)6/h12-15,29H,7-11,16-23H2,1-6H3,(H,39,47)(H,40,49). The van der Waals surface area contributed by atoms with E-state index in [1.54, 1.807) is 11.3 Å². The maximum atomic E-state index is 13.3. The van der Waals surface area contributed by atoms with E-state index in [0.717, 1.165) is 78.5 Å².